The van der Waals surface area contributed by atoms with Gasteiger partial charge >= 0.3 is 0 Å². The number of amides is 2. The molecule has 0 radical (unpaired) electrons. The maximum absolute atomic E-state index is 12.8. The quantitative estimate of drug-likeness (QED) is 0.389. The van der Waals surface area contributed by atoms with Crippen LogP contribution in [0.5, 0.6) is 0 Å². The molecule has 0 aliphatic carbocycles. The van der Waals surface area contributed by atoms with Crippen LogP contribution in [0.3, 0.4) is 0 Å². The minimum Gasteiger partial charge on any atom is -0.348 e. The van der Waals surface area contributed by atoms with Gasteiger partial charge in [-0.25, -0.2) is 0 Å². The molecule has 0 fully saturated rings. The number of benzene rings is 3. The zero-order valence-electron chi connectivity index (χ0n) is 17.2. The topological polar surface area (TPSA) is 76.0 Å². The molecule has 2 amide bonds. The number of para-hydroxylation sites is 1. The molecule has 0 bridgehead atoms. The molecule has 4 rings (SSSR count). The summed E-state index contributed by atoms with van der Waals surface area (Å²) in [6, 6.07) is 24.0. The second-order valence-corrected chi connectivity index (χ2v) is 8.04. The van der Waals surface area contributed by atoms with Crippen molar-refractivity contribution in [2.45, 2.75) is 13.1 Å². The molecule has 7 heteroatoms. The molecule has 1 heterocycles. The smallest absolute Gasteiger partial charge is 0.256 e. The van der Waals surface area contributed by atoms with Crippen LogP contribution in [0.15, 0.2) is 95.7 Å². The molecule has 0 aliphatic heterocycles. The Hall–Kier alpha value is -3.71. The normalized spacial score (nSPS) is 10.5. The fraction of sp³-hybridized carbons (Fsp3) is 0.0800. The second-order valence-electron chi connectivity index (χ2n) is 7.18. The van der Waals surface area contributed by atoms with E-state index in [4.69, 9.17) is 0 Å². The van der Waals surface area contributed by atoms with Gasteiger partial charge in [0.1, 0.15) is 0 Å². The number of hydrogen-bond acceptors (Lipinski definition) is 3. The van der Waals surface area contributed by atoms with Crippen LogP contribution in [0.25, 0.3) is 0 Å². The summed E-state index contributed by atoms with van der Waals surface area (Å²) < 4.78 is 2.55. The number of carbonyl (C=O) groups is 2. The van der Waals surface area contributed by atoms with Crippen molar-refractivity contribution in [3.8, 4) is 0 Å². The number of carbonyl (C=O) groups excluding carboxylic acids is 2. The summed E-state index contributed by atoms with van der Waals surface area (Å²) in [5.74, 6) is -0.542. The average molecular weight is 489 g/mol. The van der Waals surface area contributed by atoms with Gasteiger partial charge in [0.25, 0.3) is 11.8 Å². The van der Waals surface area contributed by atoms with E-state index in [1.54, 1.807) is 48.7 Å². The lowest BCUT2D eigenvalue weighted by Crippen LogP contribution is -2.25. The third-order valence-electron chi connectivity index (χ3n) is 4.92. The molecule has 3 aromatic carbocycles. The fourth-order valence-corrected chi connectivity index (χ4v) is 3.71. The number of halogens is 1. The molecule has 160 valence electrons. The SMILES string of the molecule is O=C(Nc1ccccc1C(=O)NCc1ccc(Cn2cccn2)cc1)c1ccccc1Br. The summed E-state index contributed by atoms with van der Waals surface area (Å²) in [6.45, 7) is 1.08. The van der Waals surface area contributed by atoms with E-state index in [2.05, 4.69) is 31.7 Å². The van der Waals surface area contributed by atoms with E-state index >= 15 is 0 Å². The van der Waals surface area contributed by atoms with Gasteiger partial charge in [0.05, 0.1) is 23.4 Å². The minimum atomic E-state index is -0.287. The van der Waals surface area contributed by atoms with Crippen molar-refractivity contribution in [2.24, 2.45) is 0 Å². The lowest BCUT2D eigenvalue weighted by molar-refractivity contribution is 0.0952. The standard InChI is InChI=1S/C25H21BrN4O2/c26-22-8-3-1-6-20(22)25(32)29-23-9-4-2-7-21(23)24(31)27-16-18-10-12-19(13-11-18)17-30-15-5-14-28-30/h1-15H,16-17H2,(H,27,31)(H,29,32). The number of hydrogen-bond donors (Lipinski definition) is 2. The third kappa shape index (κ3) is 5.31. The molecule has 6 nitrogen and oxygen atoms in total. The van der Waals surface area contributed by atoms with E-state index < -0.39 is 0 Å². The fourth-order valence-electron chi connectivity index (χ4n) is 3.25. The van der Waals surface area contributed by atoms with Gasteiger partial charge in [0.15, 0.2) is 0 Å². The van der Waals surface area contributed by atoms with E-state index in [0.29, 0.717) is 34.4 Å². The van der Waals surface area contributed by atoms with Crippen LogP contribution < -0.4 is 10.6 Å². The Bertz CT molecular complexity index is 1220. The average Bonchev–Trinajstić information content (AvgIpc) is 3.32. The van der Waals surface area contributed by atoms with E-state index in [-0.39, 0.29) is 11.8 Å². The summed E-state index contributed by atoms with van der Waals surface area (Å²) in [7, 11) is 0. The van der Waals surface area contributed by atoms with Gasteiger partial charge in [-0.15, -0.1) is 0 Å². The van der Waals surface area contributed by atoms with Gasteiger partial charge in [-0.2, -0.15) is 5.10 Å². The highest BCUT2D eigenvalue weighted by molar-refractivity contribution is 9.10. The second kappa shape index (κ2) is 10.1. The van der Waals surface area contributed by atoms with E-state index in [0.717, 1.165) is 11.1 Å². The maximum Gasteiger partial charge on any atom is 0.256 e. The van der Waals surface area contributed by atoms with Crippen LogP contribution in [0.4, 0.5) is 5.69 Å². The Morgan fingerprint density at radius 1 is 0.812 bits per heavy atom. The number of anilines is 1. The van der Waals surface area contributed by atoms with Gasteiger partial charge in [-0.3, -0.25) is 14.3 Å². The molecule has 0 saturated heterocycles. The van der Waals surface area contributed by atoms with Crippen molar-refractivity contribution in [2.75, 3.05) is 5.32 Å². The van der Waals surface area contributed by atoms with Crippen LogP contribution in [-0.2, 0) is 13.1 Å². The zero-order chi connectivity index (χ0) is 22.3. The summed E-state index contributed by atoms with van der Waals surface area (Å²) in [4.78, 5) is 25.5. The number of rotatable bonds is 7. The Morgan fingerprint density at radius 2 is 1.50 bits per heavy atom. The van der Waals surface area contributed by atoms with Crippen molar-refractivity contribution in [3.63, 3.8) is 0 Å². The molecule has 0 spiro atoms. The van der Waals surface area contributed by atoms with Crippen LogP contribution in [0.1, 0.15) is 31.8 Å². The lowest BCUT2D eigenvalue weighted by Gasteiger charge is -2.12. The number of nitrogens with one attached hydrogen (secondary N) is 2. The Kier molecular flexibility index (Phi) is 6.77. The maximum atomic E-state index is 12.8. The molecule has 1 aromatic heterocycles. The molecular formula is C25H21BrN4O2. The molecule has 0 saturated carbocycles. The number of aromatic nitrogens is 2. The highest BCUT2D eigenvalue weighted by Crippen LogP contribution is 2.20. The highest BCUT2D eigenvalue weighted by atomic mass is 79.9. The number of nitrogens with zero attached hydrogens (tertiary/aromatic N) is 2. The largest absolute Gasteiger partial charge is 0.348 e. The van der Waals surface area contributed by atoms with Crippen molar-refractivity contribution in [3.05, 3.63) is 118 Å². The van der Waals surface area contributed by atoms with E-state index in [9.17, 15) is 9.59 Å². The van der Waals surface area contributed by atoms with Crippen LogP contribution >= 0.6 is 15.9 Å². The molecule has 2 N–H and O–H groups in total. The molecule has 4 aromatic rings. The first-order chi connectivity index (χ1) is 15.6. The van der Waals surface area contributed by atoms with Crippen molar-refractivity contribution >= 4 is 33.4 Å². The Morgan fingerprint density at radius 3 is 2.22 bits per heavy atom. The predicted octanol–water partition coefficient (Wildman–Crippen LogP) is 4.88. The first kappa shape index (κ1) is 21.5. The predicted molar refractivity (Wildman–Crippen MR) is 127 cm³/mol. The van der Waals surface area contributed by atoms with Gasteiger partial charge in [-0.1, -0.05) is 48.5 Å². The van der Waals surface area contributed by atoms with Gasteiger partial charge in [0.2, 0.25) is 0 Å². The third-order valence-corrected chi connectivity index (χ3v) is 5.61. The lowest BCUT2D eigenvalue weighted by atomic mass is 10.1. The van der Waals surface area contributed by atoms with E-state index in [1.807, 2.05) is 47.3 Å². The van der Waals surface area contributed by atoms with Crippen molar-refractivity contribution < 1.29 is 9.59 Å². The van der Waals surface area contributed by atoms with Gasteiger partial charge < -0.3 is 10.6 Å². The summed E-state index contributed by atoms with van der Waals surface area (Å²) >= 11 is 3.38. The van der Waals surface area contributed by atoms with Crippen molar-refractivity contribution in [1.82, 2.24) is 15.1 Å². The Balaban J connectivity index is 1.39. The van der Waals surface area contributed by atoms with Crippen LogP contribution in [-0.4, -0.2) is 21.6 Å². The van der Waals surface area contributed by atoms with Crippen LogP contribution in [0, 0.1) is 0 Å². The molecule has 0 unspecified atom stereocenters. The highest BCUT2D eigenvalue weighted by Gasteiger charge is 2.15. The Labute approximate surface area is 194 Å². The first-order valence-corrected chi connectivity index (χ1v) is 10.9. The summed E-state index contributed by atoms with van der Waals surface area (Å²) in [5, 5.41) is 9.97. The van der Waals surface area contributed by atoms with Crippen molar-refractivity contribution in [1.29, 1.82) is 0 Å². The van der Waals surface area contributed by atoms with Gasteiger partial charge in [-0.05, 0) is 57.4 Å². The monoisotopic (exact) mass is 488 g/mol. The molecule has 0 atom stereocenters. The zero-order valence-corrected chi connectivity index (χ0v) is 18.7. The molecular weight excluding hydrogens is 468 g/mol. The van der Waals surface area contributed by atoms with Crippen LogP contribution in [0.2, 0.25) is 0 Å². The first-order valence-electron chi connectivity index (χ1n) is 10.1. The summed E-state index contributed by atoms with van der Waals surface area (Å²) in [6.07, 6.45) is 3.67. The summed E-state index contributed by atoms with van der Waals surface area (Å²) in [5.41, 5.74) is 3.47. The molecule has 32 heavy (non-hydrogen) atoms. The minimum absolute atomic E-state index is 0.256. The van der Waals surface area contributed by atoms with E-state index in [1.165, 1.54) is 0 Å². The molecule has 0 aliphatic rings. The van der Waals surface area contributed by atoms with Gasteiger partial charge in [0, 0.05) is 23.4 Å².